The Bertz CT molecular complexity index is 876. The first-order valence-corrected chi connectivity index (χ1v) is 10.7. The van der Waals surface area contributed by atoms with Gasteiger partial charge in [0.1, 0.15) is 5.60 Å². The minimum absolute atomic E-state index is 0.314. The number of aliphatic hydroxyl groups is 2. The zero-order valence-electron chi connectivity index (χ0n) is 17.6. The van der Waals surface area contributed by atoms with Crippen molar-refractivity contribution in [1.82, 2.24) is 9.78 Å². The quantitative estimate of drug-likeness (QED) is 0.806. The second kappa shape index (κ2) is 7.96. The molecule has 2 N–H and O–H groups in total. The molecule has 0 radical (unpaired) electrons. The SMILES string of the molecule is COC1=CCC(c2cc(C3(O)CCC(O)CC3)nn2-c2ccc(C)cc2)C(C)C1. The Kier molecular flexibility index (Phi) is 5.54. The van der Waals surface area contributed by atoms with Crippen molar-refractivity contribution in [3.63, 3.8) is 0 Å². The van der Waals surface area contributed by atoms with Gasteiger partial charge < -0.3 is 14.9 Å². The summed E-state index contributed by atoms with van der Waals surface area (Å²) in [6.45, 7) is 4.34. The van der Waals surface area contributed by atoms with E-state index in [0.29, 0.717) is 37.5 Å². The summed E-state index contributed by atoms with van der Waals surface area (Å²) in [6, 6.07) is 10.5. The predicted molar refractivity (Wildman–Crippen MR) is 113 cm³/mol. The van der Waals surface area contributed by atoms with E-state index in [0.717, 1.165) is 35.7 Å². The van der Waals surface area contributed by atoms with Gasteiger partial charge in [-0.1, -0.05) is 24.6 Å². The lowest BCUT2D eigenvalue weighted by Crippen LogP contribution is -2.33. The molecular weight excluding hydrogens is 364 g/mol. The summed E-state index contributed by atoms with van der Waals surface area (Å²) in [4.78, 5) is 0. The van der Waals surface area contributed by atoms with E-state index >= 15 is 0 Å². The summed E-state index contributed by atoms with van der Waals surface area (Å²) >= 11 is 0. The Labute approximate surface area is 173 Å². The van der Waals surface area contributed by atoms with Crippen molar-refractivity contribution in [2.24, 2.45) is 5.92 Å². The Morgan fingerprint density at radius 3 is 2.48 bits per heavy atom. The van der Waals surface area contributed by atoms with E-state index in [1.54, 1.807) is 7.11 Å². The molecule has 156 valence electrons. The van der Waals surface area contributed by atoms with E-state index in [2.05, 4.69) is 50.3 Å². The van der Waals surface area contributed by atoms with Crippen LogP contribution in [0.1, 0.15) is 68.3 Å². The number of aliphatic hydroxyl groups excluding tert-OH is 1. The number of aromatic nitrogens is 2. The number of hydrogen-bond donors (Lipinski definition) is 2. The zero-order valence-corrected chi connectivity index (χ0v) is 17.6. The number of rotatable bonds is 4. The molecule has 1 aromatic carbocycles. The minimum atomic E-state index is -0.963. The van der Waals surface area contributed by atoms with E-state index in [9.17, 15) is 10.2 Å². The van der Waals surface area contributed by atoms with Gasteiger partial charge in [-0.2, -0.15) is 5.10 Å². The second-order valence-electron chi connectivity index (χ2n) is 8.86. The fraction of sp³-hybridized carbons (Fsp3) is 0.542. The van der Waals surface area contributed by atoms with E-state index in [1.807, 2.05) is 4.68 Å². The van der Waals surface area contributed by atoms with E-state index < -0.39 is 5.60 Å². The van der Waals surface area contributed by atoms with Gasteiger partial charge in [-0.25, -0.2) is 4.68 Å². The summed E-state index contributed by atoms with van der Waals surface area (Å²) in [5.74, 6) is 1.79. The Morgan fingerprint density at radius 2 is 1.86 bits per heavy atom. The molecule has 5 nitrogen and oxygen atoms in total. The molecule has 1 heterocycles. The van der Waals surface area contributed by atoms with E-state index in [1.165, 1.54) is 5.56 Å². The molecule has 29 heavy (non-hydrogen) atoms. The molecular formula is C24H32N2O3. The maximum atomic E-state index is 11.3. The third kappa shape index (κ3) is 3.99. The van der Waals surface area contributed by atoms with Crippen LogP contribution in [0.25, 0.3) is 5.69 Å². The first-order valence-electron chi connectivity index (χ1n) is 10.7. The van der Waals surface area contributed by atoms with Crippen molar-refractivity contribution < 1.29 is 14.9 Å². The molecule has 0 spiro atoms. The highest BCUT2D eigenvalue weighted by Crippen LogP contribution is 2.42. The summed E-state index contributed by atoms with van der Waals surface area (Å²) in [6.07, 6.45) is 6.00. The normalized spacial score (nSPS) is 30.1. The van der Waals surface area contributed by atoms with Crippen LogP contribution in [0.5, 0.6) is 0 Å². The number of hydrogen-bond acceptors (Lipinski definition) is 4. The Hall–Kier alpha value is -2.11. The third-order valence-corrected chi connectivity index (χ3v) is 6.73. The Morgan fingerprint density at radius 1 is 1.17 bits per heavy atom. The minimum Gasteiger partial charge on any atom is -0.501 e. The molecule has 2 aromatic rings. The van der Waals surface area contributed by atoms with Gasteiger partial charge in [-0.15, -0.1) is 0 Å². The van der Waals surface area contributed by atoms with Crippen molar-refractivity contribution in [1.29, 1.82) is 0 Å². The van der Waals surface area contributed by atoms with Crippen LogP contribution >= 0.6 is 0 Å². The van der Waals surface area contributed by atoms with Crippen molar-refractivity contribution in [2.45, 2.75) is 70.0 Å². The Balaban J connectivity index is 1.75. The number of allylic oxidation sites excluding steroid dienone is 2. The maximum absolute atomic E-state index is 11.3. The van der Waals surface area contributed by atoms with Gasteiger partial charge >= 0.3 is 0 Å². The van der Waals surface area contributed by atoms with Crippen LogP contribution in [-0.4, -0.2) is 33.2 Å². The standard InChI is InChI=1S/C24H32N2O3/c1-16-4-6-18(7-5-16)26-22(21-9-8-20(29-3)14-17(21)2)15-23(25-26)24(28)12-10-19(27)11-13-24/h4-8,15,17,19,21,27-28H,9-14H2,1-3H3. The highest BCUT2D eigenvalue weighted by Gasteiger charge is 2.38. The topological polar surface area (TPSA) is 67.5 Å². The fourth-order valence-corrected chi connectivity index (χ4v) is 4.73. The first kappa shape index (κ1) is 20.2. The predicted octanol–water partition coefficient (Wildman–Crippen LogP) is 4.35. The van der Waals surface area contributed by atoms with E-state index in [4.69, 9.17) is 9.84 Å². The molecule has 2 aliphatic rings. The van der Waals surface area contributed by atoms with Gasteiger partial charge in [0.05, 0.1) is 30.4 Å². The molecule has 2 aliphatic carbocycles. The van der Waals surface area contributed by atoms with Gasteiger partial charge in [-0.3, -0.25) is 0 Å². The number of benzene rings is 1. The zero-order chi connectivity index (χ0) is 20.6. The van der Waals surface area contributed by atoms with Crippen LogP contribution in [0, 0.1) is 12.8 Å². The van der Waals surface area contributed by atoms with Crippen LogP contribution in [-0.2, 0) is 10.3 Å². The van der Waals surface area contributed by atoms with Crippen molar-refractivity contribution in [3.8, 4) is 5.69 Å². The largest absolute Gasteiger partial charge is 0.501 e. The highest BCUT2D eigenvalue weighted by atomic mass is 16.5. The molecule has 5 heteroatoms. The molecule has 1 fully saturated rings. The molecule has 1 aromatic heterocycles. The molecule has 0 bridgehead atoms. The van der Waals surface area contributed by atoms with Gasteiger partial charge in [0.2, 0.25) is 0 Å². The average molecular weight is 397 g/mol. The molecule has 2 atom stereocenters. The number of methoxy groups -OCH3 is 1. The van der Waals surface area contributed by atoms with Crippen molar-refractivity contribution in [3.05, 3.63) is 59.1 Å². The molecule has 0 aliphatic heterocycles. The van der Waals surface area contributed by atoms with Gasteiger partial charge in [0.15, 0.2) is 0 Å². The average Bonchev–Trinajstić information content (AvgIpc) is 3.16. The van der Waals surface area contributed by atoms with Gasteiger partial charge in [-0.05, 0) is 69.2 Å². The second-order valence-corrected chi connectivity index (χ2v) is 8.86. The third-order valence-electron chi connectivity index (χ3n) is 6.73. The molecule has 0 amide bonds. The molecule has 2 unspecified atom stereocenters. The summed E-state index contributed by atoms with van der Waals surface area (Å²) in [5.41, 5.74) is 3.14. The lowest BCUT2D eigenvalue weighted by atomic mass is 9.79. The van der Waals surface area contributed by atoms with Crippen LogP contribution in [0.2, 0.25) is 0 Å². The van der Waals surface area contributed by atoms with Crippen LogP contribution in [0.4, 0.5) is 0 Å². The lowest BCUT2D eigenvalue weighted by Gasteiger charge is -2.32. The molecule has 0 saturated heterocycles. The van der Waals surface area contributed by atoms with Crippen molar-refractivity contribution in [2.75, 3.05) is 7.11 Å². The number of aryl methyl sites for hydroxylation is 1. The first-order chi connectivity index (χ1) is 13.9. The smallest absolute Gasteiger partial charge is 0.109 e. The highest BCUT2D eigenvalue weighted by molar-refractivity contribution is 5.38. The van der Waals surface area contributed by atoms with Crippen molar-refractivity contribution >= 4 is 0 Å². The summed E-state index contributed by atoms with van der Waals surface area (Å²) < 4.78 is 7.49. The summed E-state index contributed by atoms with van der Waals surface area (Å²) in [5, 5.41) is 26.1. The van der Waals surface area contributed by atoms with E-state index in [-0.39, 0.29) is 6.10 Å². The fourth-order valence-electron chi connectivity index (χ4n) is 4.73. The summed E-state index contributed by atoms with van der Waals surface area (Å²) in [7, 11) is 1.74. The monoisotopic (exact) mass is 396 g/mol. The molecule has 4 rings (SSSR count). The van der Waals surface area contributed by atoms with Crippen LogP contribution < -0.4 is 0 Å². The molecule has 1 saturated carbocycles. The number of nitrogens with zero attached hydrogens (tertiary/aromatic N) is 2. The maximum Gasteiger partial charge on any atom is 0.109 e. The lowest BCUT2D eigenvalue weighted by molar-refractivity contribution is -0.0393. The van der Waals surface area contributed by atoms with Crippen LogP contribution in [0.3, 0.4) is 0 Å². The van der Waals surface area contributed by atoms with Gasteiger partial charge in [0, 0.05) is 18.0 Å². The number of ether oxygens (including phenoxy) is 1. The van der Waals surface area contributed by atoms with Crippen LogP contribution in [0.15, 0.2) is 42.2 Å². The van der Waals surface area contributed by atoms with Gasteiger partial charge in [0.25, 0.3) is 0 Å².